The standard InChI is InChI=1S/C15H6O/c1-3-4-5-6-7-8-9-10-11-12-13-14-15(2)16/h14H,1H2,2H3. The largest absolute Gasteiger partial charge is 0.294 e. The van der Waals surface area contributed by atoms with E-state index in [0.717, 1.165) is 0 Å². The zero-order chi connectivity index (χ0) is 12.1. The lowest BCUT2D eigenvalue weighted by atomic mass is 10.4. The van der Waals surface area contributed by atoms with E-state index in [0.29, 0.717) is 0 Å². The Morgan fingerprint density at radius 1 is 0.875 bits per heavy atom. The van der Waals surface area contributed by atoms with E-state index in [1.54, 1.807) is 0 Å². The summed E-state index contributed by atoms with van der Waals surface area (Å²) in [5, 5.41) is 0. The van der Waals surface area contributed by atoms with Gasteiger partial charge < -0.3 is 0 Å². The van der Waals surface area contributed by atoms with Crippen LogP contribution in [0.4, 0.5) is 0 Å². The molecule has 0 amide bonds. The topological polar surface area (TPSA) is 17.1 Å². The second kappa shape index (κ2) is 10.1. The summed E-state index contributed by atoms with van der Waals surface area (Å²) >= 11 is 0. The summed E-state index contributed by atoms with van der Waals surface area (Å²) < 4.78 is 0. The molecule has 0 aromatic rings. The van der Waals surface area contributed by atoms with Crippen molar-refractivity contribution in [3.63, 3.8) is 0 Å². The van der Waals surface area contributed by atoms with Gasteiger partial charge in [-0.15, -0.1) is 0 Å². The lowest BCUT2D eigenvalue weighted by Crippen LogP contribution is -1.75. The first kappa shape index (κ1) is 13.0. The summed E-state index contributed by atoms with van der Waals surface area (Å²) in [5.74, 6) is -0.108. The molecule has 0 heterocycles. The Balaban J connectivity index is 5.39. The van der Waals surface area contributed by atoms with Crippen molar-refractivity contribution >= 4 is 5.78 Å². The smallest absolute Gasteiger partial charge is 0.160 e. The van der Waals surface area contributed by atoms with Gasteiger partial charge in [0.1, 0.15) is 0 Å². The molecule has 0 rings (SSSR count). The van der Waals surface area contributed by atoms with Crippen molar-refractivity contribution in [3.05, 3.63) is 75.7 Å². The molecule has 0 unspecified atom stereocenters. The molecule has 0 atom stereocenters. The number of carbonyl (C=O) groups excluding carboxylic acids is 1. The van der Waals surface area contributed by atoms with Gasteiger partial charge in [0.15, 0.2) is 5.78 Å². The van der Waals surface area contributed by atoms with Crippen LogP contribution in [0.1, 0.15) is 6.92 Å². The van der Waals surface area contributed by atoms with E-state index in [1.807, 2.05) is 0 Å². The van der Waals surface area contributed by atoms with E-state index in [1.165, 1.54) is 13.0 Å². The molecule has 0 aliphatic carbocycles. The van der Waals surface area contributed by atoms with Crippen LogP contribution >= 0.6 is 0 Å². The molecule has 0 aliphatic rings. The van der Waals surface area contributed by atoms with Crippen molar-refractivity contribution < 1.29 is 4.79 Å². The second-order valence-corrected chi connectivity index (χ2v) is 2.20. The second-order valence-electron chi connectivity index (χ2n) is 2.20. The fraction of sp³-hybridized carbons (Fsp3) is 0.0667. The fourth-order valence-corrected chi connectivity index (χ4v) is 0.437. The normalized spacial score (nSPS) is 4.81. The van der Waals surface area contributed by atoms with E-state index in [-0.39, 0.29) is 5.78 Å². The molecule has 0 aromatic heterocycles. The van der Waals surface area contributed by atoms with Crippen LogP contribution in [0.2, 0.25) is 0 Å². The molecule has 0 N–H and O–H groups in total. The summed E-state index contributed by atoms with van der Waals surface area (Å²) in [6.07, 6.45) is 1.24. The van der Waals surface area contributed by atoms with Crippen molar-refractivity contribution in [2.24, 2.45) is 0 Å². The Morgan fingerprint density at radius 3 is 1.75 bits per heavy atom. The average molecular weight is 202 g/mol. The molecule has 0 aromatic carbocycles. The number of carbonyl (C=O) groups is 1. The van der Waals surface area contributed by atoms with Crippen molar-refractivity contribution in [2.75, 3.05) is 0 Å². The lowest BCUT2D eigenvalue weighted by Gasteiger charge is -1.63. The monoisotopic (exact) mass is 202 g/mol. The van der Waals surface area contributed by atoms with Crippen LogP contribution in [0, 0.1) is 0 Å². The molecular weight excluding hydrogens is 196 g/mol. The quantitative estimate of drug-likeness (QED) is 0.471. The van der Waals surface area contributed by atoms with Crippen LogP contribution in [0.5, 0.6) is 0 Å². The highest BCUT2D eigenvalue weighted by molar-refractivity contribution is 5.86. The summed E-state index contributed by atoms with van der Waals surface area (Å²) in [4.78, 5) is 10.4. The summed E-state index contributed by atoms with van der Waals surface area (Å²) in [6.45, 7) is 4.70. The van der Waals surface area contributed by atoms with E-state index >= 15 is 0 Å². The number of hydrogen-bond acceptors (Lipinski definition) is 1. The molecule has 0 saturated heterocycles. The number of rotatable bonds is 1. The van der Waals surface area contributed by atoms with E-state index in [4.69, 9.17) is 0 Å². The first-order valence-electron chi connectivity index (χ1n) is 4.14. The van der Waals surface area contributed by atoms with Gasteiger partial charge in [0.2, 0.25) is 0 Å². The van der Waals surface area contributed by atoms with Gasteiger partial charge in [0.05, 0.1) is 0 Å². The van der Waals surface area contributed by atoms with Gasteiger partial charge in [-0.3, -0.25) is 4.79 Å². The highest BCUT2D eigenvalue weighted by Crippen LogP contribution is 1.66. The zero-order valence-electron chi connectivity index (χ0n) is 8.69. The van der Waals surface area contributed by atoms with Gasteiger partial charge in [-0.05, 0) is 65.1 Å². The molecule has 0 aliphatic heterocycles. The molecule has 0 spiro atoms. The van der Waals surface area contributed by atoms with Gasteiger partial charge in [-0.1, -0.05) is 11.5 Å². The van der Waals surface area contributed by atoms with Crippen LogP contribution in [0.25, 0.3) is 0 Å². The fourth-order valence-electron chi connectivity index (χ4n) is 0.437. The van der Waals surface area contributed by atoms with E-state index in [9.17, 15) is 4.79 Å². The minimum Gasteiger partial charge on any atom is -0.294 e. The summed E-state index contributed by atoms with van der Waals surface area (Å²) in [7, 11) is 0. The molecule has 0 radical (unpaired) electrons. The predicted molar refractivity (Wildman–Crippen MR) is 59.5 cm³/mol. The van der Waals surface area contributed by atoms with Crippen molar-refractivity contribution in [1.82, 2.24) is 0 Å². The van der Waals surface area contributed by atoms with Crippen LogP contribution < -0.4 is 0 Å². The predicted octanol–water partition coefficient (Wildman–Crippen LogP) is 2.47. The van der Waals surface area contributed by atoms with Gasteiger partial charge in [-0.2, -0.15) is 0 Å². The van der Waals surface area contributed by atoms with Gasteiger partial charge >= 0.3 is 0 Å². The molecule has 72 valence electrons. The Morgan fingerprint density at radius 2 is 1.31 bits per heavy atom. The average Bonchev–Trinajstić information content (AvgIpc) is 2.25. The number of allylic oxidation sites excluding steroid dienone is 1. The molecule has 0 fully saturated rings. The minimum absolute atomic E-state index is 0.108. The molecule has 0 saturated carbocycles. The molecule has 1 heteroatoms. The number of hydrogen-bond donors (Lipinski definition) is 0. The van der Waals surface area contributed by atoms with Crippen LogP contribution in [-0.2, 0) is 4.79 Å². The highest BCUT2D eigenvalue weighted by atomic mass is 16.1. The van der Waals surface area contributed by atoms with Gasteiger partial charge in [-0.25, -0.2) is 0 Å². The molecule has 16 heavy (non-hydrogen) atoms. The third-order valence-electron chi connectivity index (χ3n) is 0.936. The summed E-state index contributed by atoms with van der Waals surface area (Å²) in [6, 6.07) is 0. The Kier molecular flexibility index (Phi) is 8.18. The molecule has 0 bridgehead atoms. The number of ketones is 1. The maximum Gasteiger partial charge on any atom is 0.160 e. The van der Waals surface area contributed by atoms with Gasteiger partial charge in [0, 0.05) is 6.08 Å². The first-order chi connectivity index (χ1) is 7.77. The van der Waals surface area contributed by atoms with Crippen molar-refractivity contribution in [2.45, 2.75) is 6.92 Å². The van der Waals surface area contributed by atoms with Gasteiger partial charge in [0.25, 0.3) is 0 Å². The third kappa shape index (κ3) is 11.0. The maximum absolute atomic E-state index is 10.4. The maximum atomic E-state index is 10.4. The lowest BCUT2D eigenvalue weighted by molar-refractivity contribution is -0.112. The Bertz CT molecular complexity index is 679. The minimum atomic E-state index is -0.108. The van der Waals surface area contributed by atoms with E-state index < -0.39 is 0 Å². The first-order valence-corrected chi connectivity index (χ1v) is 4.14. The van der Waals surface area contributed by atoms with Crippen LogP contribution in [-0.4, -0.2) is 5.78 Å². The Hall–Kier alpha value is -3.01. The molecular formula is C15H6O. The highest BCUT2D eigenvalue weighted by Gasteiger charge is 1.73. The van der Waals surface area contributed by atoms with Crippen LogP contribution in [0.3, 0.4) is 0 Å². The molecule has 1 nitrogen and oxygen atoms in total. The Labute approximate surface area is 93.7 Å². The third-order valence-corrected chi connectivity index (χ3v) is 0.936. The zero-order valence-corrected chi connectivity index (χ0v) is 8.69. The van der Waals surface area contributed by atoms with Crippen molar-refractivity contribution in [1.29, 1.82) is 0 Å². The summed E-state index contributed by atoms with van der Waals surface area (Å²) in [5.41, 5.74) is 26.9. The van der Waals surface area contributed by atoms with Crippen molar-refractivity contribution in [3.8, 4) is 0 Å². The van der Waals surface area contributed by atoms with E-state index in [2.05, 4.69) is 69.6 Å². The van der Waals surface area contributed by atoms with Crippen LogP contribution in [0.15, 0.2) is 75.7 Å². The SMILES string of the molecule is C=C=C=C=C=C=C=C=C=C=C=C=CC(C)=O.